The highest BCUT2D eigenvalue weighted by molar-refractivity contribution is 7.26. The van der Waals surface area contributed by atoms with Gasteiger partial charge in [-0.3, -0.25) is 4.57 Å². The fourth-order valence-electron chi connectivity index (χ4n) is 7.57. The minimum absolute atomic E-state index is 0.699. The Balaban J connectivity index is 1.28. The van der Waals surface area contributed by atoms with Crippen molar-refractivity contribution in [2.24, 2.45) is 0 Å². The number of fused-ring (bicyclic) bond motifs is 7. The number of nitrogens with zero attached hydrogens (tertiary/aromatic N) is 3. The summed E-state index contributed by atoms with van der Waals surface area (Å²) in [7, 11) is 0. The van der Waals surface area contributed by atoms with Crippen LogP contribution in [-0.4, -0.2) is 14.5 Å². The third-order valence-corrected chi connectivity index (χ3v) is 11.8. The predicted molar refractivity (Wildman–Crippen MR) is 202 cm³/mol. The molecular formula is C42H23N3S2. The molecule has 0 amide bonds. The Morgan fingerprint density at radius 3 is 2.15 bits per heavy atom. The van der Waals surface area contributed by atoms with Crippen molar-refractivity contribution < 1.29 is 0 Å². The first kappa shape index (κ1) is 25.6. The second-order valence-electron chi connectivity index (χ2n) is 12.2. The lowest BCUT2D eigenvalue weighted by molar-refractivity contribution is 1.02. The Bertz CT molecular complexity index is 3020. The zero-order valence-corrected chi connectivity index (χ0v) is 26.6. The molecule has 218 valence electrons. The Kier molecular flexibility index (Phi) is 5.14. The molecule has 4 aromatic heterocycles. The fourth-order valence-corrected chi connectivity index (χ4v) is 9.84. The van der Waals surface area contributed by atoms with Crippen LogP contribution in [0.15, 0.2) is 140 Å². The van der Waals surface area contributed by atoms with Gasteiger partial charge in [0.25, 0.3) is 0 Å². The van der Waals surface area contributed by atoms with Gasteiger partial charge in [0, 0.05) is 57.4 Å². The van der Waals surface area contributed by atoms with Crippen LogP contribution in [0.1, 0.15) is 0 Å². The molecule has 0 saturated carbocycles. The first-order valence-corrected chi connectivity index (χ1v) is 17.4. The van der Waals surface area contributed by atoms with Gasteiger partial charge < -0.3 is 0 Å². The zero-order valence-electron chi connectivity index (χ0n) is 24.9. The van der Waals surface area contributed by atoms with Gasteiger partial charge in [-0.1, -0.05) is 109 Å². The summed E-state index contributed by atoms with van der Waals surface area (Å²) in [5, 5.41) is 9.95. The largest absolute Gasteiger partial charge is 0.277 e. The Morgan fingerprint density at radius 1 is 0.447 bits per heavy atom. The number of para-hydroxylation sites is 1. The highest BCUT2D eigenvalue weighted by Crippen LogP contribution is 2.47. The number of hydrogen-bond donors (Lipinski definition) is 0. The molecule has 0 bridgehead atoms. The van der Waals surface area contributed by atoms with E-state index in [4.69, 9.17) is 9.97 Å². The second kappa shape index (κ2) is 9.46. The molecule has 0 spiro atoms. The number of benzene rings is 7. The predicted octanol–water partition coefficient (Wildman–Crippen LogP) is 12.2. The molecule has 47 heavy (non-hydrogen) atoms. The van der Waals surface area contributed by atoms with Crippen molar-refractivity contribution in [1.29, 1.82) is 0 Å². The van der Waals surface area contributed by atoms with Crippen LogP contribution in [0.25, 0.3) is 101 Å². The smallest absolute Gasteiger partial charge is 0.236 e. The molecule has 7 aromatic carbocycles. The van der Waals surface area contributed by atoms with E-state index >= 15 is 0 Å². The summed E-state index contributed by atoms with van der Waals surface area (Å²) < 4.78 is 6.18. The van der Waals surface area contributed by atoms with Crippen LogP contribution >= 0.6 is 22.7 Å². The fraction of sp³-hybridized carbons (Fsp3) is 0. The van der Waals surface area contributed by atoms with E-state index in [-0.39, 0.29) is 0 Å². The summed E-state index contributed by atoms with van der Waals surface area (Å²) in [6.07, 6.45) is 0. The van der Waals surface area contributed by atoms with Crippen LogP contribution in [0.4, 0.5) is 0 Å². The quantitative estimate of drug-likeness (QED) is 0.181. The minimum atomic E-state index is 0.699. The Labute approximate surface area is 276 Å². The molecule has 11 aromatic rings. The maximum Gasteiger partial charge on any atom is 0.236 e. The highest BCUT2D eigenvalue weighted by Gasteiger charge is 2.23. The van der Waals surface area contributed by atoms with Gasteiger partial charge in [-0.15, -0.1) is 22.7 Å². The molecule has 0 aliphatic carbocycles. The van der Waals surface area contributed by atoms with Gasteiger partial charge >= 0.3 is 0 Å². The molecule has 0 radical (unpaired) electrons. The molecule has 0 aliphatic rings. The van der Waals surface area contributed by atoms with E-state index in [0.717, 1.165) is 32.5 Å². The highest BCUT2D eigenvalue weighted by atomic mass is 32.1. The van der Waals surface area contributed by atoms with Crippen LogP contribution in [-0.2, 0) is 0 Å². The topological polar surface area (TPSA) is 30.7 Å². The van der Waals surface area contributed by atoms with Gasteiger partial charge in [0.1, 0.15) is 4.83 Å². The van der Waals surface area contributed by atoms with Gasteiger partial charge in [0.05, 0.1) is 16.7 Å². The standard InChI is InChI=1S/C42H23N3S2/c1-2-10-24(11-3-1)26-13-8-14-27(22-26)39-38-29-16-5-7-18-33(29)47-41(38)44-42(43-39)45-32-17-6-4-15-28(32)31-23-35-37-30(40(31)45)21-20-25-12-9-19-34(46-35)36(25)37/h1-23H. The van der Waals surface area contributed by atoms with Gasteiger partial charge in [0.2, 0.25) is 5.95 Å². The lowest BCUT2D eigenvalue weighted by Crippen LogP contribution is -2.03. The number of thiophene rings is 2. The van der Waals surface area contributed by atoms with Crippen molar-refractivity contribution >= 4 is 95.7 Å². The maximum atomic E-state index is 5.53. The molecule has 5 heteroatoms. The number of rotatable bonds is 3. The molecule has 0 fully saturated rings. The Hall–Kier alpha value is -5.62. The molecule has 0 aliphatic heterocycles. The minimum Gasteiger partial charge on any atom is -0.277 e. The number of hydrogen-bond acceptors (Lipinski definition) is 4. The van der Waals surface area contributed by atoms with Crippen molar-refractivity contribution in [2.45, 2.75) is 0 Å². The SMILES string of the molecule is c1ccc(-c2cccc(-c3nc(-n4c5ccccc5c5cc6sc7cccc8ccc(c6c87)c54)nc4sc5ccccc5c34)c2)cc1. The first-order chi connectivity index (χ1) is 23.3. The van der Waals surface area contributed by atoms with E-state index in [0.29, 0.717) is 5.95 Å². The van der Waals surface area contributed by atoms with Crippen molar-refractivity contribution in [2.75, 3.05) is 0 Å². The molecule has 0 atom stereocenters. The summed E-state index contributed by atoms with van der Waals surface area (Å²) in [5.41, 5.74) is 6.68. The number of aromatic nitrogens is 3. The molecule has 0 N–H and O–H groups in total. The molecular weight excluding hydrogens is 611 g/mol. The van der Waals surface area contributed by atoms with E-state index in [1.807, 2.05) is 11.3 Å². The van der Waals surface area contributed by atoms with Crippen LogP contribution in [0, 0.1) is 0 Å². The zero-order chi connectivity index (χ0) is 30.6. The van der Waals surface area contributed by atoms with Crippen molar-refractivity contribution in [1.82, 2.24) is 14.5 Å². The maximum absolute atomic E-state index is 5.53. The van der Waals surface area contributed by atoms with E-state index < -0.39 is 0 Å². The molecule has 0 saturated heterocycles. The first-order valence-electron chi connectivity index (χ1n) is 15.8. The van der Waals surface area contributed by atoms with E-state index in [2.05, 4.69) is 144 Å². The van der Waals surface area contributed by atoms with Crippen molar-refractivity contribution in [3.05, 3.63) is 140 Å². The third kappa shape index (κ3) is 3.55. The normalized spacial score (nSPS) is 12.3. The average molecular weight is 634 g/mol. The van der Waals surface area contributed by atoms with Gasteiger partial charge in [-0.2, -0.15) is 0 Å². The van der Waals surface area contributed by atoms with Crippen LogP contribution in [0.5, 0.6) is 0 Å². The van der Waals surface area contributed by atoms with Gasteiger partial charge in [-0.25, -0.2) is 9.97 Å². The molecule has 3 nitrogen and oxygen atoms in total. The van der Waals surface area contributed by atoms with Gasteiger partial charge in [-0.05, 0) is 46.8 Å². The Morgan fingerprint density at radius 2 is 1.21 bits per heavy atom. The summed E-state index contributed by atoms with van der Waals surface area (Å²) in [4.78, 5) is 11.9. The third-order valence-electron chi connectivity index (χ3n) is 9.59. The van der Waals surface area contributed by atoms with Crippen LogP contribution in [0.2, 0.25) is 0 Å². The molecule has 0 unspecified atom stereocenters. The van der Waals surface area contributed by atoms with Crippen LogP contribution in [0.3, 0.4) is 0 Å². The second-order valence-corrected chi connectivity index (χ2v) is 14.3. The summed E-state index contributed by atoms with van der Waals surface area (Å²) in [5.74, 6) is 0.699. The molecule has 4 heterocycles. The summed E-state index contributed by atoms with van der Waals surface area (Å²) in [6.45, 7) is 0. The van der Waals surface area contributed by atoms with E-state index in [9.17, 15) is 0 Å². The molecule has 11 rings (SSSR count). The summed E-state index contributed by atoms with van der Waals surface area (Å²) in [6, 6.07) is 50.3. The lowest BCUT2D eigenvalue weighted by atomic mass is 9.99. The lowest BCUT2D eigenvalue weighted by Gasteiger charge is -2.12. The van der Waals surface area contributed by atoms with E-state index in [1.165, 1.54) is 62.9 Å². The van der Waals surface area contributed by atoms with Gasteiger partial charge in [0.15, 0.2) is 0 Å². The van der Waals surface area contributed by atoms with Crippen LogP contribution < -0.4 is 0 Å². The summed E-state index contributed by atoms with van der Waals surface area (Å²) >= 11 is 3.62. The van der Waals surface area contributed by atoms with Crippen molar-refractivity contribution in [3.8, 4) is 28.3 Å². The van der Waals surface area contributed by atoms with E-state index in [1.54, 1.807) is 11.3 Å². The average Bonchev–Trinajstić information content (AvgIpc) is 3.80. The monoisotopic (exact) mass is 633 g/mol. The van der Waals surface area contributed by atoms with Crippen molar-refractivity contribution in [3.63, 3.8) is 0 Å².